The molecule has 0 heterocycles. The van der Waals surface area contributed by atoms with Gasteiger partial charge >= 0.3 is 0 Å². The molecular weight excluding hydrogens is 184 g/mol. The van der Waals surface area contributed by atoms with Gasteiger partial charge in [0.1, 0.15) is 0 Å². The summed E-state index contributed by atoms with van der Waals surface area (Å²) in [6.07, 6.45) is 11.5. The fraction of sp³-hybridized carbons (Fsp3) is 1.00. The molecule has 1 N–H and O–H groups in total. The predicted octanol–water partition coefficient (Wildman–Crippen LogP) is 4.14. The number of unbranched alkanes of at least 4 members (excludes halogenated alkanes) is 3. The molecule has 1 saturated carbocycles. The lowest BCUT2D eigenvalue weighted by atomic mass is 9.76. The van der Waals surface area contributed by atoms with Crippen molar-refractivity contribution in [1.29, 1.82) is 0 Å². The van der Waals surface area contributed by atoms with Gasteiger partial charge < -0.3 is 5.11 Å². The highest BCUT2D eigenvalue weighted by Crippen LogP contribution is 2.33. The van der Waals surface area contributed by atoms with Gasteiger partial charge in [0.25, 0.3) is 0 Å². The molecule has 15 heavy (non-hydrogen) atoms. The SMILES string of the molecule is CCCCCCC(O)C1CCCCC1C. The molecule has 0 bridgehead atoms. The molecule has 0 radical (unpaired) electrons. The van der Waals surface area contributed by atoms with Crippen molar-refractivity contribution in [1.82, 2.24) is 0 Å². The fourth-order valence-corrected chi connectivity index (χ4v) is 2.91. The predicted molar refractivity (Wildman–Crippen MR) is 65.9 cm³/mol. The molecule has 0 aliphatic heterocycles. The summed E-state index contributed by atoms with van der Waals surface area (Å²) in [6.45, 7) is 4.55. The average Bonchev–Trinajstić information content (AvgIpc) is 2.25. The Bertz CT molecular complexity index is 155. The second-order valence-corrected chi connectivity index (χ2v) is 5.34. The van der Waals surface area contributed by atoms with Gasteiger partial charge in [0, 0.05) is 0 Å². The average molecular weight is 212 g/mol. The number of aliphatic hydroxyl groups excluding tert-OH is 1. The summed E-state index contributed by atoms with van der Waals surface area (Å²) in [5.41, 5.74) is 0. The first-order chi connectivity index (χ1) is 7.25. The molecule has 0 saturated heterocycles. The highest BCUT2D eigenvalue weighted by molar-refractivity contribution is 4.78. The van der Waals surface area contributed by atoms with Crippen molar-refractivity contribution in [2.75, 3.05) is 0 Å². The highest BCUT2D eigenvalue weighted by Gasteiger charge is 2.27. The smallest absolute Gasteiger partial charge is 0.0570 e. The van der Waals surface area contributed by atoms with Gasteiger partial charge in [0.05, 0.1) is 6.10 Å². The summed E-state index contributed by atoms with van der Waals surface area (Å²) in [5, 5.41) is 10.1. The van der Waals surface area contributed by atoms with Crippen LogP contribution in [-0.4, -0.2) is 11.2 Å². The minimum absolute atomic E-state index is 0.0165. The first-order valence-electron chi connectivity index (χ1n) is 6.93. The number of hydrogen-bond acceptors (Lipinski definition) is 1. The molecule has 1 aliphatic rings. The molecule has 1 rings (SSSR count). The molecule has 1 aliphatic carbocycles. The molecule has 3 unspecified atom stereocenters. The van der Waals surface area contributed by atoms with Crippen molar-refractivity contribution < 1.29 is 5.11 Å². The molecule has 1 fully saturated rings. The molecule has 1 nitrogen and oxygen atoms in total. The van der Waals surface area contributed by atoms with Crippen LogP contribution in [0.15, 0.2) is 0 Å². The second kappa shape index (κ2) is 7.27. The summed E-state index contributed by atoms with van der Waals surface area (Å²) in [4.78, 5) is 0. The van der Waals surface area contributed by atoms with Crippen molar-refractivity contribution in [2.45, 2.75) is 77.7 Å². The number of aliphatic hydroxyl groups is 1. The van der Waals surface area contributed by atoms with E-state index in [1.165, 1.54) is 51.4 Å². The Kier molecular flexibility index (Phi) is 6.31. The van der Waals surface area contributed by atoms with Gasteiger partial charge in [-0.3, -0.25) is 0 Å². The second-order valence-electron chi connectivity index (χ2n) is 5.34. The summed E-state index contributed by atoms with van der Waals surface area (Å²) in [5.74, 6) is 1.35. The van der Waals surface area contributed by atoms with E-state index in [9.17, 15) is 5.11 Å². The van der Waals surface area contributed by atoms with E-state index in [0.29, 0.717) is 5.92 Å². The lowest BCUT2D eigenvalue weighted by molar-refractivity contribution is 0.0454. The van der Waals surface area contributed by atoms with Crippen LogP contribution in [0.4, 0.5) is 0 Å². The third kappa shape index (κ3) is 4.55. The minimum Gasteiger partial charge on any atom is -0.393 e. The topological polar surface area (TPSA) is 20.2 Å². The summed E-state index contributed by atoms with van der Waals surface area (Å²) in [7, 11) is 0. The maximum atomic E-state index is 10.1. The van der Waals surface area contributed by atoms with Gasteiger partial charge in [-0.25, -0.2) is 0 Å². The Hall–Kier alpha value is -0.0400. The molecule has 90 valence electrons. The van der Waals surface area contributed by atoms with E-state index in [1.54, 1.807) is 0 Å². The molecule has 0 aromatic heterocycles. The standard InChI is InChI=1S/C14H28O/c1-3-4-5-6-11-14(15)13-10-8-7-9-12(13)2/h12-15H,3-11H2,1-2H3. The normalized spacial score (nSPS) is 29.0. The summed E-state index contributed by atoms with van der Waals surface area (Å²) >= 11 is 0. The van der Waals surface area contributed by atoms with Crippen LogP contribution in [0.25, 0.3) is 0 Å². The van der Waals surface area contributed by atoms with E-state index >= 15 is 0 Å². The lowest BCUT2D eigenvalue weighted by Crippen LogP contribution is -2.29. The zero-order valence-electron chi connectivity index (χ0n) is 10.5. The first kappa shape index (κ1) is 13.0. The Morgan fingerprint density at radius 2 is 1.87 bits per heavy atom. The minimum atomic E-state index is -0.0165. The Morgan fingerprint density at radius 1 is 1.13 bits per heavy atom. The van der Waals surface area contributed by atoms with Gasteiger partial charge in [-0.05, 0) is 24.7 Å². The molecule has 3 atom stereocenters. The van der Waals surface area contributed by atoms with Crippen LogP contribution in [0.3, 0.4) is 0 Å². The largest absolute Gasteiger partial charge is 0.393 e. The van der Waals surface area contributed by atoms with Gasteiger partial charge in [-0.1, -0.05) is 58.8 Å². The maximum Gasteiger partial charge on any atom is 0.0570 e. The number of hydrogen-bond donors (Lipinski definition) is 1. The zero-order valence-corrected chi connectivity index (χ0v) is 10.5. The van der Waals surface area contributed by atoms with E-state index in [2.05, 4.69) is 13.8 Å². The van der Waals surface area contributed by atoms with E-state index in [4.69, 9.17) is 0 Å². The van der Waals surface area contributed by atoms with Gasteiger partial charge in [-0.2, -0.15) is 0 Å². The zero-order chi connectivity index (χ0) is 11.1. The van der Waals surface area contributed by atoms with E-state index in [1.807, 2.05) is 0 Å². The van der Waals surface area contributed by atoms with Crippen LogP contribution in [-0.2, 0) is 0 Å². The highest BCUT2D eigenvalue weighted by atomic mass is 16.3. The molecule has 1 heteroatoms. The van der Waals surface area contributed by atoms with Crippen molar-refractivity contribution >= 4 is 0 Å². The molecular formula is C14H28O. The number of rotatable bonds is 6. The fourth-order valence-electron chi connectivity index (χ4n) is 2.91. The Labute approximate surface area is 95.3 Å². The third-order valence-corrected chi connectivity index (χ3v) is 4.03. The van der Waals surface area contributed by atoms with Crippen LogP contribution < -0.4 is 0 Å². The van der Waals surface area contributed by atoms with Crippen LogP contribution in [0.2, 0.25) is 0 Å². The van der Waals surface area contributed by atoms with Crippen LogP contribution in [0.5, 0.6) is 0 Å². The van der Waals surface area contributed by atoms with Crippen molar-refractivity contribution in [3.05, 3.63) is 0 Å². The van der Waals surface area contributed by atoms with E-state index in [0.717, 1.165) is 12.3 Å². The van der Waals surface area contributed by atoms with E-state index in [-0.39, 0.29) is 6.10 Å². The van der Waals surface area contributed by atoms with Crippen LogP contribution >= 0.6 is 0 Å². The molecule has 0 aromatic rings. The van der Waals surface area contributed by atoms with Gasteiger partial charge in [-0.15, -0.1) is 0 Å². The lowest BCUT2D eigenvalue weighted by Gasteiger charge is -2.32. The van der Waals surface area contributed by atoms with Crippen LogP contribution in [0, 0.1) is 11.8 Å². The molecule has 0 amide bonds. The van der Waals surface area contributed by atoms with Gasteiger partial charge in [0.15, 0.2) is 0 Å². The van der Waals surface area contributed by atoms with Crippen molar-refractivity contribution in [2.24, 2.45) is 11.8 Å². The third-order valence-electron chi connectivity index (χ3n) is 4.03. The first-order valence-corrected chi connectivity index (χ1v) is 6.93. The van der Waals surface area contributed by atoms with Gasteiger partial charge in [0.2, 0.25) is 0 Å². The Balaban J connectivity index is 2.16. The van der Waals surface area contributed by atoms with Crippen molar-refractivity contribution in [3.8, 4) is 0 Å². The summed E-state index contributed by atoms with van der Waals surface area (Å²) < 4.78 is 0. The quantitative estimate of drug-likeness (QED) is 0.656. The monoisotopic (exact) mass is 212 g/mol. The Morgan fingerprint density at radius 3 is 2.53 bits per heavy atom. The maximum absolute atomic E-state index is 10.1. The van der Waals surface area contributed by atoms with Crippen molar-refractivity contribution in [3.63, 3.8) is 0 Å². The summed E-state index contributed by atoms with van der Waals surface area (Å²) in [6, 6.07) is 0. The van der Waals surface area contributed by atoms with Crippen LogP contribution in [0.1, 0.15) is 71.6 Å². The molecule has 0 aromatic carbocycles. The molecule has 0 spiro atoms. The van der Waals surface area contributed by atoms with E-state index < -0.39 is 0 Å².